The molecular formula is C41H60O5. The molecule has 4 aliphatic carbocycles. The summed E-state index contributed by atoms with van der Waals surface area (Å²) in [4.78, 5) is 39.3. The van der Waals surface area contributed by atoms with Crippen molar-refractivity contribution in [3.05, 3.63) is 59.3 Å². The van der Waals surface area contributed by atoms with E-state index >= 15 is 0 Å². The highest BCUT2D eigenvalue weighted by Crippen LogP contribution is 2.73. The number of hydrogen-bond donors (Lipinski definition) is 1. The minimum Gasteiger partial charge on any atom is -0.481 e. The fourth-order valence-electron chi connectivity index (χ4n) is 10.4. The lowest BCUT2D eigenvalue weighted by molar-refractivity contribution is -0.155. The molecule has 5 heteroatoms. The van der Waals surface area contributed by atoms with Crippen molar-refractivity contribution in [2.45, 2.75) is 126 Å². The van der Waals surface area contributed by atoms with Crippen LogP contribution in [0.4, 0.5) is 0 Å². The zero-order valence-electron chi connectivity index (χ0n) is 30.0. The van der Waals surface area contributed by atoms with Crippen LogP contribution in [0.25, 0.3) is 0 Å². The van der Waals surface area contributed by atoms with Gasteiger partial charge in [-0.05, 0) is 120 Å². The molecule has 254 valence electrons. The molecule has 0 bridgehead atoms. The van der Waals surface area contributed by atoms with Crippen molar-refractivity contribution in [3.63, 3.8) is 0 Å². The SMILES string of the molecule is C=C(C)[C@@H]1CC=C2[C@@H](CC[C@]23C(=C)CC[C@@]3(C)[C@H](C)CC(=O)[C@H]2CC(CCC=C(C)C)=CC[C@]2(C)C(=O)O)[C@@]1(C)CCC(=O)OC. The maximum atomic E-state index is 14.3. The highest BCUT2D eigenvalue weighted by Gasteiger charge is 2.65. The summed E-state index contributed by atoms with van der Waals surface area (Å²) < 4.78 is 5.06. The predicted molar refractivity (Wildman–Crippen MR) is 186 cm³/mol. The number of ketones is 1. The van der Waals surface area contributed by atoms with Crippen molar-refractivity contribution in [1.29, 1.82) is 0 Å². The molecule has 0 aromatic carbocycles. The third-order valence-corrected chi connectivity index (χ3v) is 13.6. The van der Waals surface area contributed by atoms with E-state index in [-0.39, 0.29) is 33.9 Å². The number of carboxylic acid groups (broad SMARTS) is 1. The normalized spacial score (nSPS) is 36.0. The number of allylic oxidation sites excluding steroid dienone is 8. The summed E-state index contributed by atoms with van der Waals surface area (Å²) in [6.07, 6.45) is 15.9. The summed E-state index contributed by atoms with van der Waals surface area (Å²) in [6, 6.07) is 0. The van der Waals surface area contributed by atoms with E-state index in [0.717, 1.165) is 51.4 Å². The lowest BCUT2D eigenvalue weighted by Crippen LogP contribution is -2.47. The van der Waals surface area contributed by atoms with Gasteiger partial charge in [0.2, 0.25) is 0 Å². The van der Waals surface area contributed by atoms with E-state index in [9.17, 15) is 19.5 Å². The largest absolute Gasteiger partial charge is 0.481 e. The van der Waals surface area contributed by atoms with Crippen LogP contribution in [0.3, 0.4) is 0 Å². The first-order valence-corrected chi connectivity index (χ1v) is 17.7. The van der Waals surface area contributed by atoms with Gasteiger partial charge in [0, 0.05) is 24.2 Å². The Balaban J connectivity index is 1.63. The van der Waals surface area contributed by atoms with E-state index in [1.165, 1.54) is 35.0 Å². The van der Waals surface area contributed by atoms with Crippen molar-refractivity contribution >= 4 is 17.7 Å². The molecule has 0 aromatic rings. The number of carbonyl (C=O) groups excluding carboxylic acids is 2. The molecule has 0 saturated heterocycles. The van der Waals surface area contributed by atoms with Gasteiger partial charge in [-0.15, -0.1) is 0 Å². The van der Waals surface area contributed by atoms with Gasteiger partial charge in [0.15, 0.2) is 0 Å². The summed E-state index contributed by atoms with van der Waals surface area (Å²) in [5, 5.41) is 10.3. The van der Waals surface area contributed by atoms with Crippen molar-refractivity contribution in [2.24, 2.45) is 45.3 Å². The Hall–Kier alpha value is -2.69. The monoisotopic (exact) mass is 632 g/mol. The number of methoxy groups -OCH3 is 1. The van der Waals surface area contributed by atoms with Gasteiger partial charge in [0.1, 0.15) is 5.78 Å². The molecule has 1 N–H and O–H groups in total. The van der Waals surface area contributed by atoms with E-state index in [2.05, 4.69) is 66.3 Å². The van der Waals surface area contributed by atoms with Crippen LogP contribution < -0.4 is 0 Å². The molecule has 5 nitrogen and oxygen atoms in total. The lowest BCUT2D eigenvalue weighted by atomic mass is 9.51. The first-order valence-electron chi connectivity index (χ1n) is 17.7. The number of carboxylic acids is 1. The molecule has 4 aliphatic rings. The Morgan fingerprint density at radius 3 is 2.41 bits per heavy atom. The van der Waals surface area contributed by atoms with Gasteiger partial charge < -0.3 is 9.84 Å². The molecule has 46 heavy (non-hydrogen) atoms. The van der Waals surface area contributed by atoms with Gasteiger partial charge in [-0.1, -0.05) is 80.0 Å². The number of aliphatic carboxylic acids is 1. The summed E-state index contributed by atoms with van der Waals surface area (Å²) >= 11 is 0. The van der Waals surface area contributed by atoms with Crippen molar-refractivity contribution in [1.82, 2.24) is 0 Å². The fraction of sp³-hybridized carbons (Fsp3) is 0.683. The highest BCUT2D eigenvalue weighted by atomic mass is 16.5. The minimum atomic E-state index is -1.09. The molecule has 0 aliphatic heterocycles. The Kier molecular flexibility index (Phi) is 10.6. The fourth-order valence-corrected chi connectivity index (χ4v) is 10.4. The van der Waals surface area contributed by atoms with Gasteiger partial charge in [-0.2, -0.15) is 0 Å². The second-order valence-electron chi connectivity index (χ2n) is 16.3. The lowest BCUT2D eigenvalue weighted by Gasteiger charge is -2.53. The van der Waals surface area contributed by atoms with Crippen LogP contribution in [0.5, 0.6) is 0 Å². The summed E-state index contributed by atoms with van der Waals surface area (Å²) in [5.41, 5.74) is 4.84. The number of fused-ring (bicyclic) bond motifs is 2. The number of rotatable bonds is 12. The minimum absolute atomic E-state index is 0.0668. The quantitative estimate of drug-likeness (QED) is 0.171. The van der Waals surface area contributed by atoms with Crippen molar-refractivity contribution in [3.8, 4) is 0 Å². The van der Waals surface area contributed by atoms with E-state index in [4.69, 9.17) is 11.3 Å². The Bertz CT molecular complexity index is 1360. The smallest absolute Gasteiger partial charge is 0.310 e. The number of ether oxygens (including phenoxy) is 1. The topological polar surface area (TPSA) is 80.7 Å². The first kappa shape index (κ1) is 36.2. The molecule has 0 unspecified atom stereocenters. The third-order valence-electron chi connectivity index (χ3n) is 13.6. The van der Waals surface area contributed by atoms with Crippen molar-refractivity contribution in [2.75, 3.05) is 7.11 Å². The highest BCUT2D eigenvalue weighted by molar-refractivity contribution is 5.89. The van der Waals surface area contributed by atoms with Gasteiger partial charge in [-0.3, -0.25) is 14.4 Å². The van der Waals surface area contributed by atoms with E-state index < -0.39 is 17.3 Å². The van der Waals surface area contributed by atoms with E-state index in [1.54, 1.807) is 6.92 Å². The molecular weight excluding hydrogens is 572 g/mol. The second kappa shape index (κ2) is 13.4. The Labute approximate surface area is 278 Å². The maximum absolute atomic E-state index is 14.3. The first-order chi connectivity index (χ1) is 21.5. The number of carbonyl (C=O) groups is 3. The van der Waals surface area contributed by atoms with E-state index in [0.29, 0.717) is 37.5 Å². The molecule has 0 heterocycles. The average molecular weight is 633 g/mol. The molecule has 2 saturated carbocycles. The third kappa shape index (κ3) is 6.05. The van der Waals surface area contributed by atoms with Gasteiger partial charge >= 0.3 is 11.9 Å². The number of hydrogen-bond acceptors (Lipinski definition) is 4. The summed E-state index contributed by atoms with van der Waals surface area (Å²) in [7, 11) is 1.46. The van der Waals surface area contributed by atoms with Crippen LogP contribution in [-0.4, -0.2) is 29.9 Å². The molecule has 0 amide bonds. The summed E-state index contributed by atoms with van der Waals surface area (Å²) in [5.74, 6) is -0.801. The summed E-state index contributed by atoms with van der Waals surface area (Å²) in [6.45, 7) is 24.1. The Morgan fingerprint density at radius 2 is 1.80 bits per heavy atom. The Morgan fingerprint density at radius 1 is 1.11 bits per heavy atom. The molecule has 4 rings (SSSR count). The van der Waals surface area contributed by atoms with Gasteiger partial charge in [0.25, 0.3) is 0 Å². The average Bonchev–Trinajstić information content (AvgIpc) is 3.52. The van der Waals surface area contributed by atoms with Gasteiger partial charge in [0.05, 0.1) is 12.5 Å². The second-order valence-corrected chi connectivity index (χ2v) is 16.3. The zero-order valence-corrected chi connectivity index (χ0v) is 30.0. The molecule has 0 aromatic heterocycles. The van der Waals surface area contributed by atoms with Crippen LogP contribution in [0.1, 0.15) is 126 Å². The van der Waals surface area contributed by atoms with Gasteiger partial charge in [-0.25, -0.2) is 0 Å². The standard InChI is InChI=1S/C41H60O5/c1-26(2)12-11-13-30-17-20-39(8,37(44)45)34(25-30)35(42)24-29(6)40(9)22-16-28(5)41(40)23-18-32-33(41)15-14-31(27(3)4)38(32,7)21-19-36(43)46-10/h12,15,17,29,31-32,34H,3,5,11,13-14,16,18-25H2,1-2,4,6-10H3,(H,44,45)/t29-,31+,32-,34-,38+,39+,40+,41+/m1/s1. The van der Waals surface area contributed by atoms with Crippen LogP contribution in [0, 0.1) is 45.3 Å². The number of Topliss-reactive ketones (excluding diaryl/α,β-unsaturated/α-hetero) is 1. The predicted octanol–water partition coefficient (Wildman–Crippen LogP) is 9.99. The maximum Gasteiger partial charge on any atom is 0.310 e. The zero-order chi connectivity index (χ0) is 34.2. The molecule has 8 atom stereocenters. The molecule has 2 fully saturated rings. The molecule has 1 spiro atoms. The van der Waals surface area contributed by atoms with Crippen LogP contribution in [-0.2, 0) is 19.1 Å². The molecule has 0 radical (unpaired) electrons. The van der Waals surface area contributed by atoms with Crippen LogP contribution in [0.15, 0.2) is 59.3 Å². The van der Waals surface area contributed by atoms with Crippen LogP contribution >= 0.6 is 0 Å². The van der Waals surface area contributed by atoms with Crippen molar-refractivity contribution < 1.29 is 24.2 Å². The number of esters is 1. The van der Waals surface area contributed by atoms with E-state index in [1.807, 2.05) is 0 Å². The van der Waals surface area contributed by atoms with Crippen LogP contribution in [0.2, 0.25) is 0 Å².